The molecule has 0 atom stereocenters. The lowest BCUT2D eigenvalue weighted by atomic mass is 10.1. The highest BCUT2D eigenvalue weighted by atomic mass is 16.1. The smallest absolute Gasteiger partial charge is 0.274 e. The van der Waals surface area contributed by atoms with Gasteiger partial charge in [0.25, 0.3) is 5.91 Å². The molecule has 1 amide bonds. The van der Waals surface area contributed by atoms with Crippen molar-refractivity contribution in [3.63, 3.8) is 0 Å². The van der Waals surface area contributed by atoms with Crippen LogP contribution in [-0.2, 0) is 0 Å². The van der Waals surface area contributed by atoms with Crippen molar-refractivity contribution in [1.82, 2.24) is 9.97 Å². The lowest BCUT2D eigenvalue weighted by molar-refractivity contribution is 0.102. The van der Waals surface area contributed by atoms with E-state index in [1.807, 2.05) is 61.3 Å². The molecule has 0 spiro atoms. The minimum absolute atomic E-state index is 0.238. The van der Waals surface area contributed by atoms with E-state index in [0.717, 1.165) is 41.9 Å². The van der Waals surface area contributed by atoms with Gasteiger partial charge in [-0.05, 0) is 32.2 Å². The predicted octanol–water partition coefficient (Wildman–Crippen LogP) is 4.18. The zero-order chi connectivity index (χ0) is 20.1. The van der Waals surface area contributed by atoms with Crippen LogP contribution >= 0.6 is 0 Å². The summed E-state index contributed by atoms with van der Waals surface area (Å²) in [7, 11) is 1.92. The molecule has 1 aromatic heterocycles. The summed E-state index contributed by atoms with van der Waals surface area (Å²) < 4.78 is 0. The normalized spacial score (nSPS) is 10.7. The number of nitrogens with zero attached hydrogens (tertiary/aromatic N) is 4. The molecule has 6 heteroatoms. The van der Waals surface area contributed by atoms with Crippen molar-refractivity contribution in [3.05, 3.63) is 54.2 Å². The van der Waals surface area contributed by atoms with Gasteiger partial charge in [0.05, 0.1) is 0 Å². The standard InChI is InChI=1S/C22H27N5O/c1-5-26(4)22-24-19(15-20(25-22)27(6-2)7-3)21(28)23-18-14-10-12-16-11-8-9-13-17(16)18/h8-15H,5-7H2,1-4H3,(H,23,28). The van der Waals surface area contributed by atoms with Crippen LogP contribution in [0.1, 0.15) is 31.3 Å². The van der Waals surface area contributed by atoms with Crippen molar-refractivity contribution in [3.8, 4) is 0 Å². The van der Waals surface area contributed by atoms with E-state index in [4.69, 9.17) is 0 Å². The summed E-state index contributed by atoms with van der Waals surface area (Å²) >= 11 is 0. The number of carbonyl (C=O) groups is 1. The van der Waals surface area contributed by atoms with Gasteiger partial charge in [0.2, 0.25) is 5.95 Å². The van der Waals surface area contributed by atoms with Gasteiger partial charge >= 0.3 is 0 Å². The van der Waals surface area contributed by atoms with Crippen molar-refractivity contribution in [2.24, 2.45) is 0 Å². The molecule has 3 rings (SSSR count). The van der Waals surface area contributed by atoms with Gasteiger partial charge in [0, 0.05) is 43.8 Å². The average Bonchev–Trinajstić information content (AvgIpc) is 2.74. The Morgan fingerprint density at radius 3 is 2.39 bits per heavy atom. The van der Waals surface area contributed by atoms with Crippen LogP contribution in [0, 0.1) is 0 Å². The summed E-state index contributed by atoms with van der Waals surface area (Å²) in [5.41, 5.74) is 1.14. The second-order valence-electron chi connectivity index (χ2n) is 6.58. The first-order valence-corrected chi connectivity index (χ1v) is 9.71. The van der Waals surface area contributed by atoms with E-state index >= 15 is 0 Å². The van der Waals surface area contributed by atoms with Gasteiger partial charge in [-0.1, -0.05) is 36.4 Å². The largest absolute Gasteiger partial charge is 0.357 e. The number of benzene rings is 2. The highest BCUT2D eigenvalue weighted by Gasteiger charge is 2.17. The van der Waals surface area contributed by atoms with Gasteiger partial charge in [0.15, 0.2) is 0 Å². The molecule has 0 fully saturated rings. The van der Waals surface area contributed by atoms with E-state index < -0.39 is 0 Å². The van der Waals surface area contributed by atoms with Crippen molar-refractivity contribution >= 4 is 34.1 Å². The second-order valence-corrected chi connectivity index (χ2v) is 6.58. The molecule has 3 aromatic rings. The van der Waals surface area contributed by atoms with E-state index in [1.165, 1.54) is 0 Å². The molecule has 2 aromatic carbocycles. The van der Waals surface area contributed by atoms with Crippen molar-refractivity contribution in [2.75, 3.05) is 41.8 Å². The molecule has 0 saturated heterocycles. The number of nitrogens with one attached hydrogen (secondary N) is 1. The Morgan fingerprint density at radius 2 is 1.68 bits per heavy atom. The molecule has 0 radical (unpaired) electrons. The third-order valence-corrected chi connectivity index (χ3v) is 4.87. The summed E-state index contributed by atoms with van der Waals surface area (Å²) in [4.78, 5) is 26.2. The third kappa shape index (κ3) is 4.06. The van der Waals surface area contributed by atoms with Gasteiger partial charge < -0.3 is 15.1 Å². The minimum Gasteiger partial charge on any atom is -0.357 e. The van der Waals surface area contributed by atoms with Crippen LogP contribution in [0.2, 0.25) is 0 Å². The van der Waals surface area contributed by atoms with E-state index in [2.05, 4.69) is 34.0 Å². The van der Waals surface area contributed by atoms with Crippen molar-refractivity contribution in [1.29, 1.82) is 0 Å². The van der Waals surface area contributed by atoms with Crippen LogP contribution in [0.4, 0.5) is 17.5 Å². The summed E-state index contributed by atoms with van der Waals surface area (Å²) in [5.74, 6) is 1.08. The predicted molar refractivity (Wildman–Crippen MR) is 116 cm³/mol. The first-order valence-electron chi connectivity index (χ1n) is 9.71. The van der Waals surface area contributed by atoms with Gasteiger partial charge in [-0.3, -0.25) is 4.79 Å². The maximum Gasteiger partial charge on any atom is 0.274 e. The molecular formula is C22H27N5O. The Labute approximate surface area is 166 Å². The number of fused-ring (bicyclic) bond motifs is 1. The number of rotatable bonds is 7. The fraction of sp³-hybridized carbons (Fsp3) is 0.318. The monoisotopic (exact) mass is 377 g/mol. The molecule has 28 heavy (non-hydrogen) atoms. The van der Waals surface area contributed by atoms with Gasteiger partial charge in [-0.25, -0.2) is 4.98 Å². The summed E-state index contributed by atoms with van der Waals surface area (Å²) in [5, 5.41) is 5.11. The first kappa shape index (κ1) is 19.6. The molecule has 0 aliphatic carbocycles. The zero-order valence-electron chi connectivity index (χ0n) is 16.9. The maximum absolute atomic E-state index is 13.0. The Balaban J connectivity index is 1.99. The van der Waals surface area contributed by atoms with E-state index in [9.17, 15) is 4.79 Å². The highest BCUT2D eigenvalue weighted by Crippen LogP contribution is 2.24. The molecule has 0 aliphatic rings. The topological polar surface area (TPSA) is 61.4 Å². The number of amides is 1. The first-order chi connectivity index (χ1) is 13.6. The second kappa shape index (κ2) is 8.69. The number of aromatic nitrogens is 2. The van der Waals surface area contributed by atoms with Crippen LogP contribution in [0.5, 0.6) is 0 Å². The highest BCUT2D eigenvalue weighted by molar-refractivity contribution is 6.08. The van der Waals surface area contributed by atoms with Crippen molar-refractivity contribution in [2.45, 2.75) is 20.8 Å². The maximum atomic E-state index is 13.0. The Morgan fingerprint density at radius 1 is 0.964 bits per heavy atom. The van der Waals surface area contributed by atoms with E-state index in [0.29, 0.717) is 11.6 Å². The lowest BCUT2D eigenvalue weighted by Gasteiger charge is -2.23. The fourth-order valence-electron chi connectivity index (χ4n) is 3.08. The minimum atomic E-state index is -0.238. The Hall–Kier alpha value is -3.15. The number of anilines is 3. The molecule has 146 valence electrons. The number of hydrogen-bond acceptors (Lipinski definition) is 5. The molecule has 6 nitrogen and oxygen atoms in total. The van der Waals surface area contributed by atoms with Crippen LogP contribution in [0.25, 0.3) is 10.8 Å². The molecule has 1 heterocycles. The van der Waals surface area contributed by atoms with Crippen LogP contribution < -0.4 is 15.1 Å². The molecule has 0 aliphatic heterocycles. The van der Waals surface area contributed by atoms with E-state index in [-0.39, 0.29) is 5.91 Å². The average molecular weight is 377 g/mol. The van der Waals surface area contributed by atoms with Crippen LogP contribution in [-0.4, -0.2) is 42.6 Å². The Bertz CT molecular complexity index is 963. The summed E-state index contributed by atoms with van der Waals surface area (Å²) in [6.07, 6.45) is 0. The summed E-state index contributed by atoms with van der Waals surface area (Å²) in [6.45, 7) is 8.56. The summed E-state index contributed by atoms with van der Waals surface area (Å²) in [6, 6.07) is 15.6. The van der Waals surface area contributed by atoms with Gasteiger partial charge in [0.1, 0.15) is 11.5 Å². The van der Waals surface area contributed by atoms with Gasteiger partial charge in [-0.15, -0.1) is 0 Å². The van der Waals surface area contributed by atoms with E-state index in [1.54, 1.807) is 6.07 Å². The zero-order valence-corrected chi connectivity index (χ0v) is 16.9. The number of hydrogen-bond donors (Lipinski definition) is 1. The van der Waals surface area contributed by atoms with Crippen molar-refractivity contribution < 1.29 is 4.79 Å². The molecule has 0 bridgehead atoms. The van der Waals surface area contributed by atoms with Crippen LogP contribution in [0.15, 0.2) is 48.5 Å². The molecule has 0 unspecified atom stereocenters. The third-order valence-electron chi connectivity index (χ3n) is 4.87. The lowest BCUT2D eigenvalue weighted by Crippen LogP contribution is -2.27. The quantitative estimate of drug-likeness (QED) is 0.669. The molecule has 1 N–H and O–H groups in total. The SMILES string of the molecule is CCN(C)c1nc(C(=O)Nc2cccc3ccccc23)cc(N(CC)CC)n1. The Kier molecular flexibility index (Phi) is 6.09. The van der Waals surface area contributed by atoms with Gasteiger partial charge in [-0.2, -0.15) is 4.98 Å². The number of carbonyl (C=O) groups excluding carboxylic acids is 1. The fourth-order valence-corrected chi connectivity index (χ4v) is 3.08. The molecule has 0 saturated carbocycles. The molecular weight excluding hydrogens is 350 g/mol. The van der Waals surface area contributed by atoms with Crippen LogP contribution in [0.3, 0.4) is 0 Å².